The summed E-state index contributed by atoms with van der Waals surface area (Å²) < 4.78 is 3.93. The lowest BCUT2D eigenvalue weighted by Crippen LogP contribution is -2.53. The molecule has 1 unspecified atom stereocenters. The smallest absolute Gasteiger partial charge is 0.251 e. The summed E-state index contributed by atoms with van der Waals surface area (Å²) in [7, 11) is 0. The van der Waals surface area contributed by atoms with Crippen molar-refractivity contribution in [3.05, 3.63) is 77.9 Å². The molecule has 0 aromatic heterocycles. The molecule has 6 rings (SSSR count). The SMILES string of the molecule is CCOc1ccc(N2CC=C[C@@]3(C)S[C@]45C=CCN(c6ccccc6Cl)C(=O)C4N(CCCCO)C(=O)[C@@H]5[C@H]3C2=O)cc1. The van der Waals surface area contributed by atoms with Gasteiger partial charge in [-0.05, 0) is 63.1 Å². The largest absolute Gasteiger partial charge is 0.494 e. The molecule has 1 N–H and O–H groups in total. The molecule has 4 aliphatic heterocycles. The molecule has 1 spiro atoms. The predicted molar refractivity (Wildman–Crippen MR) is 170 cm³/mol. The molecule has 226 valence electrons. The van der Waals surface area contributed by atoms with E-state index in [2.05, 4.69) is 6.08 Å². The second-order valence-electron chi connectivity index (χ2n) is 11.5. The van der Waals surface area contributed by atoms with Gasteiger partial charge in [-0.2, -0.15) is 0 Å². The van der Waals surface area contributed by atoms with Crippen molar-refractivity contribution >= 4 is 52.5 Å². The topological polar surface area (TPSA) is 90.4 Å². The number of aliphatic hydroxyl groups is 1. The van der Waals surface area contributed by atoms with E-state index in [1.54, 1.807) is 32.5 Å². The third-order valence-electron chi connectivity index (χ3n) is 8.97. The van der Waals surface area contributed by atoms with E-state index in [9.17, 15) is 19.5 Å². The van der Waals surface area contributed by atoms with Gasteiger partial charge in [-0.3, -0.25) is 14.4 Å². The Hall–Kier alpha value is -3.27. The lowest BCUT2D eigenvalue weighted by atomic mass is 9.74. The summed E-state index contributed by atoms with van der Waals surface area (Å²) in [4.78, 5) is 48.7. The highest BCUT2D eigenvalue weighted by molar-refractivity contribution is 8.02. The first kappa shape index (κ1) is 29.8. The van der Waals surface area contributed by atoms with E-state index in [-0.39, 0.29) is 24.3 Å². The second kappa shape index (κ2) is 11.7. The summed E-state index contributed by atoms with van der Waals surface area (Å²) in [6.07, 6.45) is 9.05. The molecule has 0 radical (unpaired) electrons. The van der Waals surface area contributed by atoms with Crippen LogP contribution >= 0.6 is 23.4 Å². The number of ether oxygens (including phenoxy) is 1. The van der Waals surface area contributed by atoms with Gasteiger partial charge in [-0.25, -0.2) is 0 Å². The summed E-state index contributed by atoms with van der Waals surface area (Å²) >= 11 is 8.11. The number of likely N-dealkylation sites (tertiary alicyclic amines) is 1. The minimum atomic E-state index is -0.954. The highest BCUT2D eigenvalue weighted by Gasteiger charge is 2.74. The molecular formula is C33H36ClN3O5S. The van der Waals surface area contributed by atoms with Gasteiger partial charge in [0.15, 0.2) is 0 Å². The maximum Gasteiger partial charge on any atom is 0.251 e. The highest BCUT2D eigenvalue weighted by Crippen LogP contribution is 2.65. The summed E-state index contributed by atoms with van der Waals surface area (Å²) in [6, 6.07) is 13.8. The van der Waals surface area contributed by atoms with Crippen molar-refractivity contribution in [3.63, 3.8) is 0 Å². The minimum Gasteiger partial charge on any atom is -0.494 e. The summed E-state index contributed by atoms with van der Waals surface area (Å²) in [5.41, 5.74) is 1.32. The Bertz CT molecular complexity index is 1480. The lowest BCUT2D eigenvalue weighted by molar-refractivity contribution is -0.139. The van der Waals surface area contributed by atoms with Crippen molar-refractivity contribution in [1.82, 2.24) is 4.90 Å². The fourth-order valence-electron chi connectivity index (χ4n) is 7.16. The van der Waals surface area contributed by atoms with Crippen LogP contribution in [-0.2, 0) is 14.4 Å². The van der Waals surface area contributed by atoms with Crippen LogP contribution in [0.15, 0.2) is 72.8 Å². The molecule has 43 heavy (non-hydrogen) atoms. The Morgan fingerprint density at radius 1 is 0.930 bits per heavy atom. The molecule has 4 aliphatic rings. The van der Waals surface area contributed by atoms with Crippen LogP contribution in [0.5, 0.6) is 5.75 Å². The number of hydrogen-bond donors (Lipinski definition) is 1. The average molecular weight is 622 g/mol. The van der Waals surface area contributed by atoms with Crippen molar-refractivity contribution < 1.29 is 24.2 Å². The van der Waals surface area contributed by atoms with Gasteiger partial charge >= 0.3 is 0 Å². The number of carbonyl (C=O) groups is 3. The maximum absolute atomic E-state index is 14.6. The number of benzene rings is 2. The van der Waals surface area contributed by atoms with Crippen molar-refractivity contribution in [3.8, 4) is 5.75 Å². The monoisotopic (exact) mass is 621 g/mol. The van der Waals surface area contributed by atoms with Crippen molar-refractivity contribution in [2.45, 2.75) is 42.2 Å². The predicted octanol–water partition coefficient (Wildman–Crippen LogP) is 4.70. The van der Waals surface area contributed by atoms with E-state index in [4.69, 9.17) is 16.3 Å². The third-order valence-corrected chi connectivity index (χ3v) is 11.1. The first-order valence-electron chi connectivity index (χ1n) is 14.8. The summed E-state index contributed by atoms with van der Waals surface area (Å²) in [5.74, 6) is -1.26. The first-order valence-corrected chi connectivity index (χ1v) is 16.0. The number of carbonyl (C=O) groups excluding carboxylic acids is 3. The lowest BCUT2D eigenvalue weighted by Gasteiger charge is -2.37. The van der Waals surface area contributed by atoms with Crippen LogP contribution in [0.1, 0.15) is 26.7 Å². The van der Waals surface area contributed by atoms with E-state index < -0.39 is 27.4 Å². The number of unbranched alkanes of at least 4 members (excludes halogenated alkanes) is 1. The van der Waals surface area contributed by atoms with Crippen molar-refractivity contribution in [2.75, 3.05) is 42.6 Å². The minimum absolute atomic E-state index is 0.00333. The van der Waals surface area contributed by atoms with Gasteiger partial charge in [0, 0.05) is 36.7 Å². The molecule has 2 fully saturated rings. The molecule has 2 saturated heterocycles. The van der Waals surface area contributed by atoms with E-state index in [1.165, 1.54) is 0 Å². The Balaban J connectivity index is 1.43. The van der Waals surface area contributed by atoms with Gasteiger partial charge in [0.05, 0.1) is 33.9 Å². The number of thioether (sulfide) groups is 1. The van der Waals surface area contributed by atoms with Gasteiger partial charge in [0.2, 0.25) is 11.8 Å². The number of rotatable bonds is 8. The maximum atomic E-state index is 14.6. The fourth-order valence-corrected chi connectivity index (χ4v) is 9.56. The Morgan fingerprint density at radius 2 is 1.65 bits per heavy atom. The van der Waals surface area contributed by atoms with Crippen LogP contribution in [-0.4, -0.2) is 76.1 Å². The number of amides is 3. The quantitative estimate of drug-likeness (QED) is 0.339. The molecule has 2 aromatic carbocycles. The molecule has 2 aromatic rings. The number of aliphatic hydroxyl groups excluding tert-OH is 1. The third kappa shape index (κ3) is 4.86. The van der Waals surface area contributed by atoms with Gasteiger partial charge in [0.25, 0.3) is 5.91 Å². The average Bonchev–Trinajstić information content (AvgIpc) is 3.25. The number of anilines is 2. The molecule has 0 bridgehead atoms. The van der Waals surface area contributed by atoms with Crippen molar-refractivity contribution in [2.24, 2.45) is 11.8 Å². The second-order valence-corrected chi connectivity index (χ2v) is 13.7. The van der Waals surface area contributed by atoms with E-state index >= 15 is 0 Å². The molecule has 8 nitrogen and oxygen atoms in total. The number of para-hydroxylation sites is 1. The Kier molecular flexibility index (Phi) is 8.08. The standard InChI is InChI=1S/C33H36ClN3O5S/c1-3-42-23-14-12-22(13-15-23)35-19-8-16-32(2)26(29(35)39)27-30(40)37(18-6-7-21-38)28-31(41)36(20-9-17-33(27,28)43-32)25-11-5-4-10-24(25)34/h4-5,8-17,26-28,38H,3,6-7,18-21H2,1-2H3/t26-,27-,28?,32+,33-/m0/s1. The van der Waals surface area contributed by atoms with Gasteiger partial charge < -0.3 is 24.5 Å². The fraction of sp³-hybridized carbons (Fsp3) is 0.424. The molecular weight excluding hydrogens is 586 g/mol. The molecule has 0 aliphatic carbocycles. The van der Waals surface area contributed by atoms with E-state index in [0.717, 1.165) is 11.4 Å². The van der Waals surface area contributed by atoms with Crippen molar-refractivity contribution in [1.29, 1.82) is 0 Å². The molecule has 5 atom stereocenters. The van der Waals surface area contributed by atoms with Gasteiger partial charge in [-0.1, -0.05) is 48.0 Å². The summed E-state index contributed by atoms with van der Waals surface area (Å²) in [5, 5.41) is 9.93. The number of hydrogen-bond acceptors (Lipinski definition) is 6. The highest BCUT2D eigenvalue weighted by atomic mass is 35.5. The molecule has 0 saturated carbocycles. The van der Waals surface area contributed by atoms with Crippen LogP contribution in [0.3, 0.4) is 0 Å². The van der Waals surface area contributed by atoms with Crippen LogP contribution in [0, 0.1) is 11.8 Å². The van der Waals surface area contributed by atoms with Crippen LogP contribution in [0.4, 0.5) is 11.4 Å². The van der Waals surface area contributed by atoms with Gasteiger partial charge in [0.1, 0.15) is 11.8 Å². The number of fused-ring (bicyclic) bond motifs is 2. The molecule has 3 amide bonds. The van der Waals surface area contributed by atoms with Crippen LogP contribution in [0.2, 0.25) is 5.02 Å². The van der Waals surface area contributed by atoms with E-state index in [0.29, 0.717) is 49.8 Å². The van der Waals surface area contributed by atoms with Crippen LogP contribution < -0.4 is 14.5 Å². The van der Waals surface area contributed by atoms with E-state index in [1.807, 2.05) is 74.5 Å². The molecule has 10 heteroatoms. The zero-order valence-corrected chi connectivity index (χ0v) is 25.9. The zero-order valence-electron chi connectivity index (χ0n) is 24.3. The normalized spacial score (nSPS) is 29.8. The Labute approximate surface area is 261 Å². The Morgan fingerprint density at radius 3 is 2.37 bits per heavy atom. The zero-order chi connectivity index (χ0) is 30.4. The molecule has 4 heterocycles. The first-order chi connectivity index (χ1) is 20.8. The van der Waals surface area contributed by atoms with Crippen LogP contribution in [0.25, 0.3) is 0 Å². The summed E-state index contributed by atoms with van der Waals surface area (Å²) in [6.45, 7) is 5.48. The number of nitrogens with zero attached hydrogens (tertiary/aromatic N) is 3. The number of halogens is 1. The van der Waals surface area contributed by atoms with Gasteiger partial charge in [-0.15, -0.1) is 11.8 Å².